The summed E-state index contributed by atoms with van der Waals surface area (Å²) in [4.78, 5) is 42.7. The van der Waals surface area contributed by atoms with Crippen molar-refractivity contribution >= 4 is 54.8 Å². The van der Waals surface area contributed by atoms with Crippen LogP contribution in [0.15, 0.2) is 52.4 Å². The molecule has 1 aliphatic rings. The number of aromatic nitrogens is 1. The van der Waals surface area contributed by atoms with Crippen molar-refractivity contribution in [2.75, 3.05) is 24.9 Å². The summed E-state index contributed by atoms with van der Waals surface area (Å²) in [5.41, 5.74) is 1.46. The summed E-state index contributed by atoms with van der Waals surface area (Å²) in [5, 5.41) is 0. The molecule has 0 unspecified atom stereocenters. The number of ether oxygens (including phenoxy) is 1. The van der Waals surface area contributed by atoms with Gasteiger partial charge in [-0.15, -0.1) is 0 Å². The maximum Gasteiger partial charge on any atom is 0.279 e. The van der Waals surface area contributed by atoms with Gasteiger partial charge < -0.3 is 9.30 Å². The quantitative estimate of drug-likeness (QED) is 0.492. The van der Waals surface area contributed by atoms with Gasteiger partial charge in [-0.3, -0.25) is 19.3 Å². The summed E-state index contributed by atoms with van der Waals surface area (Å²) >= 11 is 1.21. The smallest absolute Gasteiger partial charge is 0.279 e. The van der Waals surface area contributed by atoms with Crippen molar-refractivity contribution in [1.29, 1.82) is 0 Å². The SMILES string of the molecule is COCCn1c(=NC(=O)c2ccc(N3C(=O)CCC3=O)cc2)sc2cc(S(C)(=O)=O)ccc21. The van der Waals surface area contributed by atoms with Crippen LogP contribution in [0, 0.1) is 0 Å². The van der Waals surface area contributed by atoms with E-state index in [9.17, 15) is 22.8 Å². The molecule has 0 aliphatic carbocycles. The molecule has 33 heavy (non-hydrogen) atoms. The molecule has 172 valence electrons. The third kappa shape index (κ3) is 4.65. The molecule has 1 fully saturated rings. The molecule has 0 atom stereocenters. The van der Waals surface area contributed by atoms with Crippen molar-refractivity contribution in [3.63, 3.8) is 0 Å². The van der Waals surface area contributed by atoms with E-state index < -0.39 is 15.7 Å². The van der Waals surface area contributed by atoms with Gasteiger partial charge in [-0.2, -0.15) is 4.99 Å². The molecule has 0 N–H and O–H groups in total. The maximum atomic E-state index is 12.9. The van der Waals surface area contributed by atoms with E-state index in [2.05, 4.69) is 4.99 Å². The van der Waals surface area contributed by atoms with Crippen LogP contribution in [0.4, 0.5) is 5.69 Å². The number of thiazole rings is 1. The van der Waals surface area contributed by atoms with Crippen LogP contribution < -0.4 is 9.70 Å². The molecule has 11 heteroatoms. The zero-order valence-corrected chi connectivity index (χ0v) is 19.6. The van der Waals surface area contributed by atoms with E-state index >= 15 is 0 Å². The topological polar surface area (TPSA) is 115 Å². The fourth-order valence-corrected chi connectivity index (χ4v) is 5.35. The van der Waals surface area contributed by atoms with Gasteiger partial charge in [-0.1, -0.05) is 11.3 Å². The maximum absolute atomic E-state index is 12.9. The molecule has 2 aromatic carbocycles. The van der Waals surface area contributed by atoms with E-state index in [1.807, 2.05) is 4.57 Å². The molecule has 4 rings (SSSR count). The average Bonchev–Trinajstić information content (AvgIpc) is 3.29. The Hall–Kier alpha value is -3.15. The van der Waals surface area contributed by atoms with E-state index in [4.69, 9.17) is 4.74 Å². The molecule has 2 heterocycles. The fraction of sp³-hybridized carbons (Fsp3) is 0.273. The predicted octanol–water partition coefficient (Wildman–Crippen LogP) is 2.15. The zero-order valence-electron chi connectivity index (χ0n) is 18.0. The number of amides is 3. The van der Waals surface area contributed by atoms with Gasteiger partial charge in [-0.05, 0) is 42.5 Å². The van der Waals surface area contributed by atoms with Crippen LogP contribution in [0.5, 0.6) is 0 Å². The molecule has 0 bridgehead atoms. The van der Waals surface area contributed by atoms with Gasteiger partial charge in [0.05, 0.1) is 27.4 Å². The lowest BCUT2D eigenvalue weighted by molar-refractivity contribution is -0.121. The molecular weight excluding hydrogens is 466 g/mol. The van der Waals surface area contributed by atoms with Gasteiger partial charge in [0, 0.05) is 38.3 Å². The monoisotopic (exact) mass is 487 g/mol. The number of hydrogen-bond donors (Lipinski definition) is 0. The Morgan fingerprint density at radius 2 is 1.76 bits per heavy atom. The standard InChI is InChI=1S/C22H21N3O6S2/c1-31-12-11-24-17-8-7-16(33(2,29)30)13-18(17)32-22(24)23-21(28)14-3-5-15(6-4-14)25-19(26)9-10-20(25)27/h3-8,13H,9-12H2,1-2H3. The number of imide groups is 1. The van der Waals surface area contributed by atoms with Gasteiger partial charge in [0.25, 0.3) is 5.91 Å². The number of carbonyl (C=O) groups excluding carboxylic acids is 3. The molecule has 3 aromatic rings. The second-order valence-electron chi connectivity index (χ2n) is 7.52. The highest BCUT2D eigenvalue weighted by molar-refractivity contribution is 7.90. The first-order chi connectivity index (χ1) is 15.7. The third-order valence-electron chi connectivity index (χ3n) is 5.22. The van der Waals surface area contributed by atoms with E-state index in [0.717, 1.165) is 16.7 Å². The van der Waals surface area contributed by atoms with Crippen molar-refractivity contribution in [3.8, 4) is 0 Å². The molecule has 0 radical (unpaired) electrons. The normalized spacial score (nSPS) is 15.1. The largest absolute Gasteiger partial charge is 0.383 e. The number of fused-ring (bicyclic) bond motifs is 1. The van der Waals surface area contributed by atoms with E-state index in [0.29, 0.717) is 33.9 Å². The number of sulfone groups is 1. The summed E-state index contributed by atoms with van der Waals surface area (Å²) in [6, 6.07) is 10.9. The highest BCUT2D eigenvalue weighted by Crippen LogP contribution is 2.24. The molecule has 1 aromatic heterocycles. The van der Waals surface area contributed by atoms with Crippen LogP contribution in [0.2, 0.25) is 0 Å². The minimum Gasteiger partial charge on any atom is -0.383 e. The van der Waals surface area contributed by atoms with Crippen molar-refractivity contribution in [2.45, 2.75) is 24.3 Å². The number of benzene rings is 2. The summed E-state index contributed by atoms with van der Waals surface area (Å²) in [6.45, 7) is 0.812. The third-order valence-corrected chi connectivity index (χ3v) is 7.37. The Kier molecular flexibility index (Phi) is 6.28. The lowest BCUT2D eigenvalue weighted by atomic mass is 10.2. The number of rotatable bonds is 6. The van der Waals surface area contributed by atoms with Gasteiger partial charge in [-0.25, -0.2) is 8.42 Å². The fourth-order valence-electron chi connectivity index (χ4n) is 3.54. The lowest BCUT2D eigenvalue weighted by Gasteiger charge is -2.13. The van der Waals surface area contributed by atoms with E-state index in [1.54, 1.807) is 31.4 Å². The highest BCUT2D eigenvalue weighted by atomic mass is 32.2. The van der Waals surface area contributed by atoms with Crippen molar-refractivity contribution < 1.29 is 27.5 Å². The number of methoxy groups -OCH3 is 1. The first-order valence-electron chi connectivity index (χ1n) is 10.1. The zero-order chi connectivity index (χ0) is 23.8. The molecule has 1 saturated heterocycles. The van der Waals surface area contributed by atoms with Crippen LogP contribution >= 0.6 is 11.3 Å². The van der Waals surface area contributed by atoms with Crippen LogP contribution in [0.3, 0.4) is 0 Å². The van der Waals surface area contributed by atoms with Crippen molar-refractivity contribution in [3.05, 3.63) is 52.8 Å². The molecule has 0 spiro atoms. The molecule has 9 nitrogen and oxygen atoms in total. The van der Waals surface area contributed by atoms with Gasteiger partial charge >= 0.3 is 0 Å². The molecule has 3 amide bonds. The van der Waals surface area contributed by atoms with E-state index in [1.165, 1.54) is 29.5 Å². The number of nitrogens with zero attached hydrogens (tertiary/aromatic N) is 3. The van der Waals surface area contributed by atoms with Crippen LogP contribution in [-0.2, 0) is 30.7 Å². The Morgan fingerprint density at radius 3 is 2.36 bits per heavy atom. The minimum atomic E-state index is -3.38. The van der Waals surface area contributed by atoms with Gasteiger partial charge in [0.15, 0.2) is 14.6 Å². The summed E-state index contributed by atoms with van der Waals surface area (Å²) in [5.74, 6) is -1.02. The Morgan fingerprint density at radius 1 is 1.09 bits per heavy atom. The first kappa shape index (κ1) is 23.0. The predicted molar refractivity (Wildman–Crippen MR) is 123 cm³/mol. The van der Waals surface area contributed by atoms with E-state index in [-0.39, 0.29) is 29.6 Å². The van der Waals surface area contributed by atoms with Gasteiger partial charge in [0.2, 0.25) is 11.8 Å². The number of anilines is 1. The summed E-state index contributed by atoms with van der Waals surface area (Å²) in [6.07, 6.45) is 1.51. The Labute approximate surface area is 193 Å². The second kappa shape index (κ2) is 9.00. The lowest BCUT2D eigenvalue weighted by Crippen LogP contribution is -2.28. The van der Waals surface area contributed by atoms with Crippen LogP contribution in [0.25, 0.3) is 10.2 Å². The average molecular weight is 488 g/mol. The molecule has 1 aliphatic heterocycles. The number of hydrogen-bond acceptors (Lipinski definition) is 7. The second-order valence-corrected chi connectivity index (χ2v) is 10.5. The number of carbonyl (C=O) groups is 3. The van der Waals surface area contributed by atoms with Crippen molar-refractivity contribution in [2.24, 2.45) is 4.99 Å². The minimum absolute atomic E-state index is 0.184. The van der Waals surface area contributed by atoms with Gasteiger partial charge in [0.1, 0.15) is 0 Å². The first-order valence-corrected chi connectivity index (χ1v) is 12.8. The Balaban J connectivity index is 1.71. The molecular formula is C22H21N3O6S2. The Bertz CT molecular complexity index is 1420. The van der Waals surface area contributed by atoms with Crippen LogP contribution in [-0.4, -0.2) is 50.7 Å². The molecule has 0 saturated carbocycles. The summed E-state index contributed by atoms with van der Waals surface area (Å²) in [7, 11) is -1.81. The summed E-state index contributed by atoms with van der Waals surface area (Å²) < 4.78 is 31.5. The van der Waals surface area contributed by atoms with Crippen LogP contribution in [0.1, 0.15) is 23.2 Å². The van der Waals surface area contributed by atoms with Crippen molar-refractivity contribution in [1.82, 2.24) is 4.57 Å². The highest BCUT2D eigenvalue weighted by Gasteiger charge is 2.30.